The lowest BCUT2D eigenvalue weighted by atomic mass is 9.87. The van der Waals surface area contributed by atoms with Gasteiger partial charge in [0.2, 0.25) is 0 Å². The second-order valence-electron chi connectivity index (χ2n) is 8.46. The molecule has 1 N–H and O–H groups in total. The fourth-order valence-corrected chi connectivity index (χ4v) is 4.54. The summed E-state index contributed by atoms with van der Waals surface area (Å²) in [7, 11) is 0. The van der Waals surface area contributed by atoms with Crippen LogP contribution in [0.1, 0.15) is 40.2 Å². The van der Waals surface area contributed by atoms with Crippen LogP contribution >= 0.6 is 11.6 Å². The topological polar surface area (TPSA) is 37.6 Å². The molecule has 0 bridgehead atoms. The normalized spacial score (nSPS) is 14.2. The number of hydrogen-bond acceptors (Lipinski definition) is 2. The number of benzene rings is 2. The van der Waals surface area contributed by atoms with Gasteiger partial charge in [0.15, 0.2) is 0 Å². The van der Waals surface area contributed by atoms with Crippen molar-refractivity contribution in [2.45, 2.75) is 18.8 Å². The number of amides is 1. The van der Waals surface area contributed by atoms with Gasteiger partial charge in [-0.15, -0.1) is 0 Å². The first-order valence-corrected chi connectivity index (χ1v) is 11.6. The van der Waals surface area contributed by atoms with Crippen LogP contribution in [0.4, 0.5) is 8.78 Å². The van der Waals surface area contributed by atoms with Crippen LogP contribution in [0.15, 0.2) is 66.9 Å². The quantitative estimate of drug-likeness (QED) is 0.486. The SMILES string of the molecule is O=C(c1ccc(Cl)nc1)N1CC[NH+](CCCC(c2ccc(F)cc2)c2ccc(F)cc2)CC1.[Cl-]. The number of carbonyl (C=O) groups is 1. The molecule has 8 heteroatoms. The summed E-state index contributed by atoms with van der Waals surface area (Å²) in [5.41, 5.74) is 2.62. The third-order valence-electron chi connectivity index (χ3n) is 6.30. The molecule has 4 rings (SSSR count). The van der Waals surface area contributed by atoms with Crippen molar-refractivity contribution in [1.82, 2.24) is 9.88 Å². The van der Waals surface area contributed by atoms with Crippen LogP contribution in [-0.4, -0.2) is 48.5 Å². The Morgan fingerprint density at radius 1 is 0.941 bits per heavy atom. The van der Waals surface area contributed by atoms with E-state index in [-0.39, 0.29) is 35.9 Å². The average Bonchev–Trinajstić information content (AvgIpc) is 2.84. The number of carbonyl (C=O) groups excluding carboxylic acids is 1. The number of aromatic nitrogens is 1. The summed E-state index contributed by atoms with van der Waals surface area (Å²) in [6.45, 7) is 4.19. The van der Waals surface area contributed by atoms with Gasteiger partial charge in [0.25, 0.3) is 5.91 Å². The zero-order valence-corrected chi connectivity index (χ0v) is 20.2. The van der Waals surface area contributed by atoms with Gasteiger partial charge in [0.1, 0.15) is 16.8 Å². The molecule has 1 amide bonds. The first kappa shape index (κ1) is 26.1. The Balaban J connectivity index is 0.00000324. The van der Waals surface area contributed by atoms with Gasteiger partial charge >= 0.3 is 0 Å². The van der Waals surface area contributed by atoms with E-state index in [1.807, 2.05) is 29.2 Å². The minimum atomic E-state index is -0.261. The van der Waals surface area contributed by atoms with Gasteiger partial charge < -0.3 is 22.2 Å². The molecule has 0 radical (unpaired) electrons. The number of quaternary nitrogens is 1. The van der Waals surface area contributed by atoms with Crippen molar-refractivity contribution >= 4 is 17.5 Å². The summed E-state index contributed by atoms with van der Waals surface area (Å²) in [4.78, 5) is 20.0. The largest absolute Gasteiger partial charge is 1.00 e. The second-order valence-corrected chi connectivity index (χ2v) is 8.85. The average molecular weight is 506 g/mol. The minimum absolute atomic E-state index is 0. The van der Waals surface area contributed by atoms with Crippen molar-refractivity contribution in [2.75, 3.05) is 32.7 Å². The Kier molecular flexibility index (Phi) is 9.39. The number of nitrogens with one attached hydrogen (secondary N) is 1. The summed E-state index contributed by atoms with van der Waals surface area (Å²) >= 11 is 5.81. The van der Waals surface area contributed by atoms with Crippen LogP contribution < -0.4 is 17.3 Å². The highest BCUT2D eigenvalue weighted by Crippen LogP contribution is 2.29. The predicted octanol–water partition coefficient (Wildman–Crippen LogP) is 0.970. The fraction of sp³-hybridized carbons (Fsp3) is 0.308. The lowest BCUT2D eigenvalue weighted by Crippen LogP contribution is -3.14. The number of nitrogens with zero attached hydrogens (tertiary/aromatic N) is 2. The Bertz CT molecular complexity index is 1010. The van der Waals surface area contributed by atoms with E-state index in [9.17, 15) is 13.6 Å². The van der Waals surface area contributed by atoms with Crippen LogP contribution in [0.3, 0.4) is 0 Å². The number of piperazine rings is 1. The van der Waals surface area contributed by atoms with Gasteiger partial charge in [0, 0.05) is 12.1 Å². The molecular formula is C26H27Cl2F2N3O. The molecular weight excluding hydrogens is 479 g/mol. The highest BCUT2D eigenvalue weighted by Gasteiger charge is 2.25. The number of pyridine rings is 1. The monoisotopic (exact) mass is 505 g/mol. The van der Waals surface area contributed by atoms with Gasteiger partial charge in [-0.25, -0.2) is 13.8 Å². The Labute approximate surface area is 210 Å². The summed E-state index contributed by atoms with van der Waals surface area (Å²) in [5.74, 6) is -0.442. The molecule has 0 saturated carbocycles. The molecule has 1 aliphatic rings. The van der Waals surface area contributed by atoms with E-state index in [4.69, 9.17) is 11.6 Å². The molecule has 2 heterocycles. The van der Waals surface area contributed by atoms with E-state index < -0.39 is 0 Å². The molecule has 1 aromatic heterocycles. The molecule has 0 unspecified atom stereocenters. The van der Waals surface area contributed by atoms with Crippen molar-refractivity contribution in [3.8, 4) is 0 Å². The maximum atomic E-state index is 13.4. The zero-order valence-electron chi connectivity index (χ0n) is 18.7. The molecule has 34 heavy (non-hydrogen) atoms. The Morgan fingerprint density at radius 3 is 2.00 bits per heavy atom. The zero-order chi connectivity index (χ0) is 23.2. The summed E-state index contributed by atoms with van der Waals surface area (Å²) in [5, 5.41) is 0.375. The highest BCUT2D eigenvalue weighted by atomic mass is 35.5. The first-order valence-electron chi connectivity index (χ1n) is 11.2. The molecule has 4 nitrogen and oxygen atoms in total. The third-order valence-corrected chi connectivity index (χ3v) is 6.52. The van der Waals surface area contributed by atoms with Gasteiger partial charge in [-0.1, -0.05) is 35.9 Å². The molecule has 3 aromatic rings. The van der Waals surface area contributed by atoms with Gasteiger partial charge in [0.05, 0.1) is 38.3 Å². The smallest absolute Gasteiger partial charge is 0.255 e. The first-order chi connectivity index (χ1) is 16.0. The molecule has 0 atom stereocenters. The number of rotatable bonds is 7. The van der Waals surface area contributed by atoms with Crippen molar-refractivity contribution in [1.29, 1.82) is 0 Å². The molecule has 1 aliphatic heterocycles. The van der Waals surface area contributed by atoms with Crippen molar-refractivity contribution in [2.24, 2.45) is 0 Å². The van der Waals surface area contributed by atoms with E-state index in [1.54, 1.807) is 12.1 Å². The van der Waals surface area contributed by atoms with Crippen LogP contribution in [0, 0.1) is 11.6 Å². The predicted molar refractivity (Wildman–Crippen MR) is 125 cm³/mol. The van der Waals surface area contributed by atoms with E-state index in [2.05, 4.69) is 4.98 Å². The molecule has 0 spiro atoms. The van der Waals surface area contributed by atoms with Crippen LogP contribution in [0.5, 0.6) is 0 Å². The molecule has 1 saturated heterocycles. The number of hydrogen-bond donors (Lipinski definition) is 1. The van der Waals surface area contributed by atoms with Crippen LogP contribution in [0.2, 0.25) is 5.15 Å². The molecule has 2 aromatic carbocycles. The summed E-state index contributed by atoms with van der Waals surface area (Å²) < 4.78 is 26.8. The van der Waals surface area contributed by atoms with E-state index >= 15 is 0 Å². The van der Waals surface area contributed by atoms with Crippen molar-refractivity contribution in [3.63, 3.8) is 0 Å². The lowest BCUT2D eigenvalue weighted by Gasteiger charge is -2.32. The highest BCUT2D eigenvalue weighted by molar-refractivity contribution is 6.29. The summed E-state index contributed by atoms with van der Waals surface area (Å²) in [6.07, 6.45) is 3.39. The molecule has 180 valence electrons. The van der Waals surface area contributed by atoms with E-state index in [1.165, 1.54) is 35.4 Å². The maximum Gasteiger partial charge on any atom is 0.255 e. The number of halogens is 4. The van der Waals surface area contributed by atoms with Gasteiger partial charge in [-0.2, -0.15) is 0 Å². The second kappa shape index (κ2) is 12.2. The van der Waals surface area contributed by atoms with E-state index in [0.717, 1.165) is 43.6 Å². The van der Waals surface area contributed by atoms with Gasteiger partial charge in [-0.05, 0) is 60.4 Å². The summed E-state index contributed by atoms with van der Waals surface area (Å²) in [6, 6.07) is 16.5. The lowest BCUT2D eigenvalue weighted by molar-refractivity contribution is -0.904. The standard InChI is InChI=1S/C26H26ClF2N3O.ClH/c27-25-12-7-21(18-30-25)26(33)32-16-14-31(15-17-32)13-1-2-24(19-3-8-22(28)9-4-19)20-5-10-23(29)11-6-20;/h3-12,18,24H,1-2,13-17H2;1H. The van der Waals surface area contributed by atoms with Crippen LogP contribution in [-0.2, 0) is 0 Å². The maximum absolute atomic E-state index is 13.4. The Morgan fingerprint density at radius 2 is 1.50 bits per heavy atom. The van der Waals surface area contributed by atoms with Crippen molar-refractivity contribution in [3.05, 3.63) is 100 Å². The van der Waals surface area contributed by atoms with E-state index in [0.29, 0.717) is 23.8 Å². The van der Waals surface area contributed by atoms with Gasteiger partial charge in [-0.3, -0.25) is 4.79 Å². The Hall–Kier alpha value is -2.54. The third kappa shape index (κ3) is 6.75. The van der Waals surface area contributed by atoms with Crippen LogP contribution in [0.25, 0.3) is 0 Å². The van der Waals surface area contributed by atoms with Crippen molar-refractivity contribution < 1.29 is 30.9 Å². The minimum Gasteiger partial charge on any atom is -1.00 e. The fourth-order valence-electron chi connectivity index (χ4n) is 4.43. The molecule has 1 fully saturated rings. The molecule has 0 aliphatic carbocycles.